The first-order chi connectivity index (χ1) is 17.5. The zero-order valence-corrected chi connectivity index (χ0v) is 20.4. The second kappa shape index (κ2) is 9.34. The van der Waals surface area contributed by atoms with Crippen molar-refractivity contribution >= 4 is 61.1 Å². The molecule has 11 heteroatoms. The van der Waals surface area contributed by atoms with Crippen molar-refractivity contribution in [3.8, 4) is 0 Å². The van der Waals surface area contributed by atoms with Crippen molar-refractivity contribution in [2.45, 2.75) is 19.0 Å². The van der Waals surface area contributed by atoms with E-state index < -0.39 is 23.7 Å². The van der Waals surface area contributed by atoms with Crippen molar-refractivity contribution in [3.63, 3.8) is 0 Å². The minimum absolute atomic E-state index is 0.0209. The van der Waals surface area contributed by atoms with Crippen LogP contribution < -0.4 is 16.0 Å². The van der Waals surface area contributed by atoms with Crippen LogP contribution in [0.4, 0.5) is 15.2 Å². The van der Waals surface area contributed by atoms with Crippen LogP contribution in [0.2, 0.25) is 0 Å². The second-order valence-corrected chi connectivity index (χ2v) is 10.5. The average molecular weight is 519 g/mol. The van der Waals surface area contributed by atoms with Crippen molar-refractivity contribution in [2.24, 2.45) is 10.2 Å². The fraction of sp³-hybridized carbons (Fsp3) is 0.160. The van der Waals surface area contributed by atoms with Crippen molar-refractivity contribution < 1.29 is 14.0 Å². The van der Waals surface area contributed by atoms with Gasteiger partial charge in [0.1, 0.15) is 11.9 Å². The van der Waals surface area contributed by atoms with E-state index in [9.17, 15) is 14.0 Å². The molecule has 2 aromatic carbocycles. The lowest BCUT2D eigenvalue weighted by molar-refractivity contribution is -0.118. The van der Waals surface area contributed by atoms with Gasteiger partial charge in [0.25, 0.3) is 11.8 Å². The summed E-state index contributed by atoms with van der Waals surface area (Å²) in [5, 5.41) is 18.5. The molecule has 1 atom stereocenters. The minimum atomic E-state index is -0.750. The molecule has 0 fully saturated rings. The smallest absolute Gasteiger partial charge is 0.290 e. The van der Waals surface area contributed by atoms with Crippen LogP contribution in [0.15, 0.2) is 64.8 Å². The summed E-state index contributed by atoms with van der Waals surface area (Å²) in [6.07, 6.45) is 2.48. The van der Waals surface area contributed by atoms with Crippen LogP contribution in [0.3, 0.4) is 0 Å². The molecular weight excluding hydrogens is 499 g/mol. The van der Waals surface area contributed by atoms with Gasteiger partial charge in [-0.25, -0.2) is 9.37 Å². The predicted octanol–water partition coefficient (Wildman–Crippen LogP) is 5.21. The minimum Gasteiger partial charge on any atom is -0.346 e. The Labute approximate surface area is 213 Å². The monoisotopic (exact) mass is 518 g/mol. The Balaban J connectivity index is 1.23. The third-order valence-electron chi connectivity index (χ3n) is 5.89. The molecule has 2 amide bonds. The maximum atomic E-state index is 14.6. The zero-order chi connectivity index (χ0) is 24.6. The van der Waals surface area contributed by atoms with Crippen LogP contribution in [0.1, 0.15) is 25.8 Å². The highest BCUT2D eigenvalue weighted by molar-refractivity contribution is 7.20. The van der Waals surface area contributed by atoms with Crippen LogP contribution in [0.25, 0.3) is 15.8 Å². The molecule has 36 heavy (non-hydrogen) atoms. The molecule has 0 saturated carbocycles. The number of nitrogens with zero attached hydrogens (tertiary/aromatic N) is 3. The lowest BCUT2D eigenvalue weighted by Crippen LogP contribution is -2.27. The summed E-state index contributed by atoms with van der Waals surface area (Å²) in [6, 6.07) is 13.0. The molecule has 2 aliphatic heterocycles. The van der Waals surface area contributed by atoms with Crippen molar-refractivity contribution in [2.75, 3.05) is 17.2 Å². The van der Waals surface area contributed by atoms with E-state index in [0.717, 1.165) is 40.2 Å². The van der Waals surface area contributed by atoms with E-state index in [-0.39, 0.29) is 5.69 Å². The summed E-state index contributed by atoms with van der Waals surface area (Å²) >= 11 is 2.84. The number of halogens is 1. The van der Waals surface area contributed by atoms with Crippen LogP contribution in [0.5, 0.6) is 0 Å². The molecule has 8 nitrogen and oxygen atoms in total. The van der Waals surface area contributed by atoms with Crippen LogP contribution in [-0.2, 0) is 17.8 Å². The van der Waals surface area contributed by atoms with Gasteiger partial charge in [-0.3, -0.25) is 9.59 Å². The number of thiophene rings is 1. The summed E-state index contributed by atoms with van der Waals surface area (Å²) in [7, 11) is 0. The molecule has 4 aromatic rings. The number of aromatic nitrogens is 1. The Bertz CT molecular complexity index is 1520. The number of hydrogen-bond acceptors (Lipinski definition) is 8. The van der Waals surface area contributed by atoms with E-state index in [4.69, 9.17) is 0 Å². The Morgan fingerprint density at radius 2 is 2.00 bits per heavy atom. The number of thiazole rings is 1. The highest BCUT2D eigenvalue weighted by atomic mass is 32.1. The molecular formula is C25H19FN6O2S2. The number of anilines is 2. The number of nitrogens with one attached hydrogen (secondary N) is 3. The van der Waals surface area contributed by atoms with Crippen molar-refractivity contribution in [3.05, 3.63) is 81.4 Å². The van der Waals surface area contributed by atoms with Gasteiger partial charge in [-0.1, -0.05) is 18.2 Å². The third kappa shape index (κ3) is 4.43. The quantitative estimate of drug-likeness (QED) is 0.336. The van der Waals surface area contributed by atoms with Gasteiger partial charge in [0, 0.05) is 34.7 Å². The fourth-order valence-electron chi connectivity index (χ4n) is 4.06. The van der Waals surface area contributed by atoms with Gasteiger partial charge in [-0.05, 0) is 41.8 Å². The molecule has 3 N–H and O–H groups in total. The molecule has 6 rings (SSSR count). The first-order valence-electron chi connectivity index (χ1n) is 11.3. The highest BCUT2D eigenvalue weighted by Gasteiger charge is 2.24. The number of azo groups is 1. The average Bonchev–Trinajstić information content (AvgIpc) is 3.50. The summed E-state index contributed by atoms with van der Waals surface area (Å²) < 4.78 is 15.6. The molecule has 2 aliphatic rings. The third-order valence-corrected chi connectivity index (χ3v) is 8.03. The van der Waals surface area contributed by atoms with E-state index in [1.165, 1.54) is 40.9 Å². The molecule has 180 valence electrons. The maximum absolute atomic E-state index is 14.6. The normalized spacial score (nSPS) is 17.1. The van der Waals surface area contributed by atoms with Crippen molar-refractivity contribution in [1.29, 1.82) is 0 Å². The Morgan fingerprint density at radius 3 is 2.86 bits per heavy atom. The first kappa shape index (κ1) is 22.7. The number of hydrogen-bond donors (Lipinski definition) is 3. The van der Waals surface area contributed by atoms with Crippen molar-refractivity contribution in [1.82, 2.24) is 10.3 Å². The van der Waals surface area contributed by atoms with Gasteiger partial charge >= 0.3 is 0 Å². The maximum Gasteiger partial charge on any atom is 0.290 e. The summed E-state index contributed by atoms with van der Waals surface area (Å²) in [6.45, 7) is 1.64. The van der Waals surface area contributed by atoms with Crippen LogP contribution >= 0.6 is 22.7 Å². The summed E-state index contributed by atoms with van der Waals surface area (Å²) in [5.74, 6) is -1.41. The molecule has 0 spiro atoms. The van der Waals surface area contributed by atoms with E-state index in [2.05, 4.69) is 31.2 Å². The summed E-state index contributed by atoms with van der Waals surface area (Å²) in [5.41, 5.74) is 1.97. The molecule has 0 bridgehead atoms. The number of fused-ring (bicyclic) bond motifs is 2. The number of carbonyl (C=O) groups excluding carboxylic acids is 2. The topological polar surface area (TPSA) is 108 Å². The Morgan fingerprint density at radius 1 is 1.11 bits per heavy atom. The Kier molecular flexibility index (Phi) is 5.88. The van der Waals surface area contributed by atoms with Gasteiger partial charge < -0.3 is 16.0 Å². The van der Waals surface area contributed by atoms with E-state index in [1.807, 2.05) is 24.3 Å². The largest absolute Gasteiger partial charge is 0.346 e. The zero-order valence-electron chi connectivity index (χ0n) is 18.7. The molecule has 0 saturated heterocycles. The van der Waals surface area contributed by atoms with Crippen LogP contribution in [0, 0.1) is 5.82 Å². The number of amides is 2. The van der Waals surface area contributed by atoms with E-state index in [0.29, 0.717) is 21.3 Å². The number of rotatable bonds is 5. The molecule has 0 aliphatic carbocycles. The molecule has 1 unspecified atom stereocenters. The lowest BCUT2D eigenvalue weighted by atomic mass is 10.1. The van der Waals surface area contributed by atoms with Gasteiger partial charge in [0.2, 0.25) is 0 Å². The molecule has 2 aromatic heterocycles. The van der Waals surface area contributed by atoms with Gasteiger partial charge in [-0.2, -0.15) is 0 Å². The van der Waals surface area contributed by atoms with E-state index >= 15 is 0 Å². The molecule has 0 radical (unpaired) electrons. The van der Waals surface area contributed by atoms with Gasteiger partial charge in [-0.15, -0.1) is 32.9 Å². The molecule has 4 heterocycles. The fourth-order valence-corrected chi connectivity index (χ4v) is 6.04. The number of benzene rings is 2. The first-order valence-corrected chi connectivity index (χ1v) is 12.9. The van der Waals surface area contributed by atoms with Gasteiger partial charge in [0.05, 0.1) is 22.0 Å². The number of carbonyl (C=O) groups is 2. The van der Waals surface area contributed by atoms with E-state index in [1.54, 1.807) is 12.1 Å². The second-order valence-electron chi connectivity index (χ2n) is 8.33. The predicted molar refractivity (Wildman–Crippen MR) is 139 cm³/mol. The standard InChI is InChI=1S/C25H19FN6O2S2/c26-15-6-5-13(9-18(15)28-24(34)21-10-14-3-1-2-4-20(14)35-21)17-11-19(23(33)32-31-17)30-25-29-16-7-8-27-12-22(16)36-25/h1-6,9-11,19,27H,7-8,12H2,(H,28,34)(H,29,30). The van der Waals surface area contributed by atoms with Crippen LogP contribution in [-0.4, -0.2) is 29.4 Å². The summed E-state index contributed by atoms with van der Waals surface area (Å²) in [4.78, 5) is 31.4. The highest BCUT2D eigenvalue weighted by Crippen LogP contribution is 2.30. The Hall–Kier alpha value is -3.80. The SMILES string of the molecule is O=C(Nc1cc(C2=CC(Nc3nc4c(s3)CNCC4)C(=O)N=N2)ccc1F)c1cc2ccccc2s1. The van der Waals surface area contributed by atoms with Gasteiger partial charge in [0.15, 0.2) is 5.13 Å². The lowest BCUT2D eigenvalue weighted by Gasteiger charge is -2.15.